The lowest BCUT2D eigenvalue weighted by atomic mass is 9.93. The quantitative estimate of drug-likeness (QED) is 0.428. The molecule has 3 N–H and O–H groups in total. The van der Waals surface area contributed by atoms with E-state index in [1.807, 2.05) is 0 Å². The van der Waals surface area contributed by atoms with Gasteiger partial charge in [-0.3, -0.25) is 10.0 Å². The Bertz CT molecular complexity index is 958. The second kappa shape index (κ2) is 9.52. The molecule has 0 aliphatic carbocycles. The number of hydrogen-bond acceptors (Lipinski definition) is 6. The molecule has 0 aromatic heterocycles. The first-order valence-corrected chi connectivity index (χ1v) is 10.9. The number of carbonyl (C=O) groups excluding carboxylic acids is 1. The zero-order chi connectivity index (χ0) is 21.6. The van der Waals surface area contributed by atoms with E-state index in [2.05, 4.69) is 4.72 Å². The number of benzene rings is 2. The predicted octanol–water partition coefficient (Wildman–Crippen LogP) is 1.78. The van der Waals surface area contributed by atoms with Crippen molar-refractivity contribution in [2.75, 3.05) is 19.8 Å². The van der Waals surface area contributed by atoms with E-state index >= 15 is 0 Å². The van der Waals surface area contributed by atoms with Gasteiger partial charge in [0, 0.05) is 13.0 Å². The van der Waals surface area contributed by atoms with Crippen LogP contribution in [0.3, 0.4) is 0 Å². The third kappa shape index (κ3) is 5.33. The smallest absolute Gasteiger partial charge is 0.267 e. The molecule has 2 aromatic carbocycles. The summed E-state index contributed by atoms with van der Waals surface area (Å²) in [4.78, 5) is 12.0. The van der Waals surface area contributed by atoms with Crippen molar-refractivity contribution >= 4 is 15.9 Å². The molecule has 2 aromatic rings. The Morgan fingerprint density at radius 1 is 1.17 bits per heavy atom. The molecule has 1 amide bonds. The van der Waals surface area contributed by atoms with Gasteiger partial charge in [-0.2, -0.15) is 4.72 Å². The lowest BCUT2D eigenvalue weighted by Gasteiger charge is -2.35. The molecule has 3 rings (SSSR count). The fraction of sp³-hybridized carbons (Fsp3) is 0.350. The summed E-state index contributed by atoms with van der Waals surface area (Å²) in [6.07, 6.45) is 1.24. The van der Waals surface area contributed by atoms with Crippen LogP contribution in [0, 0.1) is 5.82 Å². The second-order valence-electron chi connectivity index (χ2n) is 6.98. The van der Waals surface area contributed by atoms with Crippen molar-refractivity contribution in [2.24, 2.45) is 0 Å². The molecular weight excluding hydrogens is 415 g/mol. The van der Waals surface area contributed by atoms with Gasteiger partial charge < -0.3 is 9.47 Å². The number of hydroxylamine groups is 1. The molecule has 8 nitrogen and oxygen atoms in total. The number of nitrogens with one attached hydrogen (secondary N) is 2. The number of sulfonamides is 1. The summed E-state index contributed by atoms with van der Waals surface area (Å²) in [5.74, 6) is -0.700. The highest BCUT2D eigenvalue weighted by molar-refractivity contribution is 7.89. The van der Waals surface area contributed by atoms with Gasteiger partial charge in [0.15, 0.2) is 0 Å². The monoisotopic (exact) mass is 438 g/mol. The van der Waals surface area contributed by atoms with Crippen LogP contribution >= 0.6 is 0 Å². The normalized spacial score (nSPS) is 19.3. The Morgan fingerprint density at radius 3 is 2.47 bits per heavy atom. The standard InChI is InChI=1S/C20H23FN2O6S/c21-16-4-2-15(3-5-16)10-13-29-17-6-8-18(9-7-17)30(26,27)23-20(19(24)22-25)11-1-12-28-14-20/h2-9,23,25H,1,10-14H2,(H,22,24). The number of carbonyl (C=O) groups is 1. The molecule has 0 saturated carbocycles. The van der Waals surface area contributed by atoms with Crippen LogP contribution in [0.4, 0.5) is 4.39 Å². The summed E-state index contributed by atoms with van der Waals surface area (Å²) in [7, 11) is -4.05. The fourth-order valence-corrected chi connectivity index (χ4v) is 4.56. The molecule has 1 aliphatic heterocycles. The van der Waals surface area contributed by atoms with Gasteiger partial charge in [0.1, 0.15) is 17.1 Å². The first kappa shape index (κ1) is 22.2. The van der Waals surface area contributed by atoms with Gasteiger partial charge in [0.25, 0.3) is 5.91 Å². The van der Waals surface area contributed by atoms with Gasteiger partial charge >= 0.3 is 0 Å². The van der Waals surface area contributed by atoms with Crippen molar-refractivity contribution in [3.63, 3.8) is 0 Å². The van der Waals surface area contributed by atoms with E-state index < -0.39 is 21.5 Å². The van der Waals surface area contributed by atoms with Gasteiger partial charge in [0.2, 0.25) is 10.0 Å². The molecule has 1 fully saturated rings. The number of halogens is 1. The van der Waals surface area contributed by atoms with Crippen LogP contribution in [0.5, 0.6) is 5.75 Å². The van der Waals surface area contributed by atoms with E-state index in [4.69, 9.17) is 14.7 Å². The molecule has 1 unspecified atom stereocenters. The average molecular weight is 438 g/mol. The van der Waals surface area contributed by atoms with E-state index in [-0.39, 0.29) is 23.7 Å². The van der Waals surface area contributed by atoms with Crippen LogP contribution in [0.2, 0.25) is 0 Å². The first-order valence-electron chi connectivity index (χ1n) is 9.38. The van der Waals surface area contributed by atoms with E-state index in [1.54, 1.807) is 12.1 Å². The lowest BCUT2D eigenvalue weighted by Crippen LogP contribution is -2.62. The van der Waals surface area contributed by atoms with Gasteiger partial charge in [-0.1, -0.05) is 12.1 Å². The molecule has 1 saturated heterocycles. The lowest BCUT2D eigenvalue weighted by molar-refractivity contribution is -0.140. The Hall–Kier alpha value is -2.53. The highest BCUT2D eigenvalue weighted by Crippen LogP contribution is 2.24. The van der Waals surface area contributed by atoms with Gasteiger partial charge in [-0.25, -0.2) is 18.3 Å². The third-order valence-corrected chi connectivity index (χ3v) is 6.37. The first-order chi connectivity index (χ1) is 14.3. The van der Waals surface area contributed by atoms with E-state index in [9.17, 15) is 17.6 Å². The topological polar surface area (TPSA) is 114 Å². The minimum absolute atomic E-state index is 0.0518. The van der Waals surface area contributed by atoms with Crippen molar-refractivity contribution in [2.45, 2.75) is 29.7 Å². The maximum Gasteiger partial charge on any atom is 0.267 e. The highest BCUT2D eigenvalue weighted by Gasteiger charge is 2.44. The Labute approximate surface area is 174 Å². The molecular formula is C20H23FN2O6S. The van der Waals surface area contributed by atoms with Crippen molar-refractivity contribution in [1.82, 2.24) is 10.2 Å². The summed E-state index contributed by atoms with van der Waals surface area (Å²) >= 11 is 0. The van der Waals surface area contributed by atoms with E-state index in [0.717, 1.165) is 5.56 Å². The Morgan fingerprint density at radius 2 is 1.87 bits per heavy atom. The Balaban J connectivity index is 1.63. The summed E-state index contributed by atoms with van der Waals surface area (Å²) < 4.78 is 51.7. The summed E-state index contributed by atoms with van der Waals surface area (Å²) in [6, 6.07) is 11.9. The van der Waals surface area contributed by atoms with Crippen LogP contribution in [-0.2, 0) is 26.0 Å². The number of hydrogen-bond donors (Lipinski definition) is 3. The van der Waals surface area contributed by atoms with Crippen molar-refractivity contribution in [1.29, 1.82) is 0 Å². The highest BCUT2D eigenvalue weighted by atomic mass is 32.2. The molecule has 1 aliphatic rings. The largest absolute Gasteiger partial charge is 0.493 e. The maximum atomic E-state index is 12.9. The van der Waals surface area contributed by atoms with Gasteiger partial charge in [-0.15, -0.1) is 0 Å². The van der Waals surface area contributed by atoms with Crippen molar-refractivity contribution in [3.05, 3.63) is 59.9 Å². The fourth-order valence-electron chi connectivity index (χ4n) is 3.18. The molecule has 10 heteroatoms. The minimum atomic E-state index is -4.05. The SMILES string of the molecule is O=C(NO)C1(NS(=O)(=O)c2ccc(OCCc3ccc(F)cc3)cc2)CCCOC1. The van der Waals surface area contributed by atoms with Crippen LogP contribution < -0.4 is 14.9 Å². The molecule has 30 heavy (non-hydrogen) atoms. The van der Waals surface area contributed by atoms with Crippen LogP contribution in [0.15, 0.2) is 53.4 Å². The molecule has 0 radical (unpaired) electrons. The molecule has 0 bridgehead atoms. The average Bonchev–Trinajstić information content (AvgIpc) is 2.75. The second-order valence-corrected chi connectivity index (χ2v) is 8.66. The summed E-state index contributed by atoms with van der Waals surface area (Å²) in [5.41, 5.74) is 0.857. The summed E-state index contributed by atoms with van der Waals surface area (Å²) in [6.45, 7) is 0.572. The van der Waals surface area contributed by atoms with Crippen LogP contribution in [0.1, 0.15) is 18.4 Å². The van der Waals surface area contributed by atoms with Gasteiger partial charge in [-0.05, 0) is 54.8 Å². The summed E-state index contributed by atoms with van der Waals surface area (Å²) in [5, 5.41) is 9.01. The van der Waals surface area contributed by atoms with Gasteiger partial charge in [0.05, 0.1) is 18.1 Å². The predicted molar refractivity (Wildman–Crippen MR) is 105 cm³/mol. The number of amides is 1. The molecule has 0 spiro atoms. The molecule has 162 valence electrons. The number of rotatable bonds is 8. The molecule has 1 atom stereocenters. The van der Waals surface area contributed by atoms with Crippen LogP contribution in [-0.4, -0.2) is 44.9 Å². The van der Waals surface area contributed by atoms with E-state index in [0.29, 0.717) is 31.8 Å². The zero-order valence-corrected chi connectivity index (χ0v) is 17.0. The third-order valence-electron chi connectivity index (χ3n) is 4.81. The van der Waals surface area contributed by atoms with Crippen molar-refractivity contribution < 1.29 is 32.3 Å². The van der Waals surface area contributed by atoms with Crippen LogP contribution in [0.25, 0.3) is 0 Å². The zero-order valence-electron chi connectivity index (χ0n) is 16.1. The minimum Gasteiger partial charge on any atom is -0.493 e. The molecule has 1 heterocycles. The number of ether oxygens (including phenoxy) is 2. The van der Waals surface area contributed by atoms with Crippen molar-refractivity contribution in [3.8, 4) is 5.75 Å². The Kier molecular flexibility index (Phi) is 7.03. The maximum absolute atomic E-state index is 12.9. The van der Waals surface area contributed by atoms with E-state index in [1.165, 1.54) is 41.9 Å².